The maximum Gasteiger partial charge on any atom is 0.339 e. The average Bonchev–Trinajstić information content (AvgIpc) is 2.85. The Morgan fingerprint density at radius 3 is 2.68 bits per heavy atom. The molecule has 0 spiro atoms. The first-order valence-electron chi connectivity index (χ1n) is 5.58. The molecule has 0 fully saturated rings. The fourth-order valence-electron chi connectivity index (χ4n) is 1.64. The van der Waals surface area contributed by atoms with Crippen molar-refractivity contribution in [3.05, 3.63) is 48.0 Å². The number of esters is 1. The number of aromatic nitrogens is 2. The van der Waals surface area contributed by atoms with Gasteiger partial charge in [-0.3, -0.25) is 4.79 Å². The van der Waals surface area contributed by atoms with Crippen LogP contribution in [-0.2, 0) is 11.8 Å². The van der Waals surface area contributed by atoms with E-state index in [4.69, 9.17) is 0 Å². The van der Waals surface area contributed by atoms with Gasteiger partial charge in [-0.05, 0) is 12.1 Å². The summed E-state index contributed by atoms with van der Waals surface area (Å²) in [5.74, 6) is -0.836. The molecule has 0 atom stereocenters. The van der Waals surface area contributed by atoms with Crippen molar-refractivity contribution in [1.29, 1.82) is 0 Å². The highest BCUT2D eigenvalue weighted by molar-refractivity contribution is 6.07. The third-order valence-electron chi connectivity index (χ3n) is 2.63. The van der Waals surface area contributed by atoms with E-state index in [0.29, 0.717) is 16.9 Å². The number of para-hydroxylation sites is 1. The van der Waals surface area contributed by atoms with E-state index in [1.165, 1.54) is 19.6 Å². The van der Waals surface area contributed by atoms with E-state index in [0.717, 1.165) is 0 Å². The third kappa shape index (κ3) is 2.62. The molecular formula is C13H13N3O3. The molecule has 1 N–H and O–H groups in total. The molecule has 0 aliphatic carbocycles. The fourth-order valence-corrected chi connectivity index (χ4v) is 1.64. The number of aryl methyl sites for hydroxylation is 1. The highest BCUT2D eigenvalue weighted by Crippen LogP contribution is 2.17. The van der Waals surface area contributed by atoms with Crippen molar-refractivity contribution in [1.82, 2.24) is 9.55 Å². The molecule has 0 aliphatic heterocycles. The number of carbonyl (C=O) groups is 2. The number of nitrogens with zero attached hydrogens (tertiary/aromatic N) is 2. The number of methoxy groups -OCH3 is 1. The predicted octanol–water partition coefficient (Wildman–Crippen LogP) is 1.46. The third-order valence-corrected chi connectivity index (χ3v) is 2.63. The molecule has 1 aromatic heterocycles. The lowest BCUT2D eigenvalue weighted by Crippen LogP contribution is -2.17. The van der Waals surface area contributed by atoms with Crippen LogP contribution in [0.25, 0.3) is 0 Å². The summed E-state index contributed by atoms with van der Waals surface area (Å²) in [5, 5.41) is 2.67. The Morgan fingerprint density at radius 1 is 1.32 bits per heavy atom. The molecule has 0 bridgehead atoms. The van der Waals surface area contributed by atoms with Gasteiger partial charge in [0.15, 0.2) is 0 Å². The Balaban J connectivity index is 2.27. The number of imidazole rings is 1. The molecule has 0 saturated carbocycles. The van der Waals surface area contributed by atoms with Crippen LogP contribution in [0.2, 0.25) is 0 Å². The SMILES string of the molecule is COC(=O)c1ccccc1NC(=O)c1cncn1C. The summed E-state index contributed by atoms with van der Waals surface area (Å²) in [6.07, 6.45) is 2.98. The summed E-state index contributed by atoms with van der Waals surface area (Å²) in [6.45, 7) is 0. The lowest BCUT2D eigenvalue weighted by atomic mass is 10.1. The zero-order valence-electron chi connectivity index (χ0n) is 10.6. The smallest absolute Gasteiger partial charge is 0.339 e. The number of amides is 1. The molecule has 1 heterocycles. The lowest BCUT2D eigenvalue weighted by molar-refractivity contribution is 0.0602. The van der Waals surface area contributed by atoms with Crippen molar-refractivity contribution in [3.63, 3.8) is 0 Å². The van der Waals surface area contributed by atoms with Crippen LogP contribution in [0.3, 0.4) is 0 Å². The molecule has 2 rings (SSSR count). The molecule has 2 aromatic rings. The van der Waals surface area contributed by atoms with Gasteiger partial charge in [0.25, 0.3) is 5.91 Å². The largest absolute Gasteiger partial charge is 0.465 e. The maximum absolute atomic E-state index is 12.0. The van der Waals surface area contributed by atoms with E-state index in [1.54, 1.807) is 35.9 Å². The highest BCUT2D eigenvalue weighted by atomic mass is 16.5. The van der Waals surface area contributed by atoms with Gasteiger partial charge >= 0.3 is 5.97 Å². The summed E-state index contributed by atoms with van der Waals surface area (Å²) in [7, 11) is 3.01. The van der Waals surface area contributed by atoms with Crippen LogP contribution in [0.5, 0.6) is 0 Å². The van der Waals surface area contributed by atoms with E-state index in [-0.39, 0.29) is 5.91 Å². The zero-order valence-corrected chi connectivity index (χ0v) is 10.6. The fraction of sp³-hybridized carbons (Fsp3) is 0.154. The molecule has 0 radical (unpaired) electrons. The minimum Gasteiger partial charge on any atom is -0.465 e. The number of carbonyl (C=O) groups excluding carboxylic acids is 2. The van der Waals surface area contributed by atoms with Gasteiger partial charge in [-0.1, -0.05) is 12.1 Å². The van der Waals surface area contributed by atoms with E-state index in [9.17, 15) is 9.59 Å². The summed E-state index contributed by atoms with van der Waals surface area (Å²) < 4.78 is 6.26. The molecule has 1 amide bonds. The molecule has 98 valence electrons. The predicted molar refractivity (Wildman–Crippen MR) is 68.9 cm³/mol. The Morgan fingerprint density at radius 2 is 2.05 bits per heavy atom. The van der Waals surface area contributed by atoms with Crippen molar-refractivity contribution in [2.45, 2.75) is 0 Å². The van der Waals surface area contributed by atoms with Gasteiger partial charge in [0, 0.05) is 7.05 Å². The Labute approximate surface area is 110 Å². The second-order valence-corrected chi connectivity index (χ2v) is 3.88. The minimum atomic E-state index is -0.499. The molecular weight excluding hydrogens is 246 g/mol. The Kier molecular flexibility index (Phi) is 3.61. The average molecular weight is 259 g/mol. The van der Waals surface area contributed by atoms with E-state index in [2.05, 4.69) is 15.0 Å². The summed E-state index contributed by atoms with van der Waals surface area (Å²) >= 11 is 0. The first-order chi connectivity index (χ1) is 9.13. The number of anilines is 1. The number of benzene rings is 1. The van der Waals surface area contributed by atoms with Crippen LogP contribution >= 0.6 is 0 Å². The molecule has 0 aliphatic rings. The molecule has 6 nitrogen and oxygen atoms in total. The standard InChI is InChI=1S/C13H13N3O3/c1-16-8-14-7-11(16)12(17)15-10-6-4-3-5-9(10)13(18)19-2/h3-8H,1-2H3,(H,15,17). The van der Waals surface area contributed by atoms with Crippen LogP contribution in [0, 0.1) is 0 Å². The Bertz CT molecular complexity index is 619. The van der Waals surface area contributed by atoms with Gasteiger partial charge in [-0.25, -0.2) is 9.78 Å². The van der Waals surface area contributed by atoms with E-state index >= 15 is 0 Å². The number of nitrogens with one attached hydrogen (secondary N) is 1. The van der Waals surface area contributed by atoms with Gasteiger partial charge in [-0.15, -0.1) is 0 Å². The highest BCUT2D eigenvalue weighted by Gasteiger charge is 2.15. The van der Waals surface area contributed by atoms with Crippen molar-refractivity contribution < 1.29 is 14.3 Å². The first kappa shape index (κ1) is 12.8. The van der Waals surface area contributed by atoms with Crippen LogP contribution in [0.15, 0.2) is 36.8 Å². The number of hydrogen-bond donors (Lipinski definition) is 1. The number of hydrogen-bond acceptors (Lipinski definition) is 4. The van der Waals surface area contributed by atoms with Crippen LogP contribution in [0.1, 0.15) is 20.8 Å². The lowest BCUT2D eigenvalue weighted by Gasteiger charge is -2.09. The van der Waals surface area contributed by atoms with Crippen LogP contribution in [-0.4, -0.2) is 28.5 Å². The van der Waals surface area contributed by atoms with Crippen LogP contribution in [0.4, 0.5) is 5.69 Å². The zero-order chi connectivity index (χ0) is 13.8. The van der Waals surface area contributed by atoms with Gasteiger partial charge in [0.1, 0.15) is 5.69 Å². The van der Waals surface area contributed by atoms with Gasteiger partial charge < -0.3 is 14.6 Å². The molecule has 0 unspecified atom stereocenters. The quantitative estimate of drug-likeness (QED) is 0.847. The van der Waals surface area contributed by atoms with Crippen molar-refractivity contribution in [3.8, 4) is 0 Å². The normalized spacial score (nSPS) is 10.0. The molecule has 6 heteroatoms. The summed E-state index contributed by atoms with van der Waals surface area (Å²) in [4.78, 5) is 27.5. The Hall–Kier alpha value is -2.63. The molecule has 1 aromatic carbocycles. The van der Waals surface area contributed by atoms with Crippen molar-refractivity contribution in [2.24, 2.45) is 7.05 Å². The molecule has 19 heavy (non-hydrogen) atoms. The second kappa shape index (κ2) is 5.34. The van der Waals surface area contributed by atoms with E-state index in [1.807, 2.05) is 0 Å². The van der Waals surface area contributed by atoms with Gasteiger partial charge in [0.2, 0.25) is 0 Å². The monoisotopic (exact) mass is 259 g/mol. The summed E-state index contributed by atoms with van der Waals surface area (Å²) in [5.41, 5.74) is 1.11. The van der Waals surface area contributed by atoms with Crippen molar-refractivity contribution in [2.75, 3.05) is 12.4 Å². The number of rotatable bonds is 3. The maximum atomic E-state index is 12.0. The first-order valence-corrected chi connectivity index (χ1v) is 5.58. The second-order valence-electron chi connectivity index (χ2n) is 3.88. The minimum absolute atomic E-state index is 0.306. The van der Waals surface area contributed by atoms with E-state index < -0.39 is 5.97 Å². The van der Waals surface area contributed by atoms with Crippen LogP contribution < -0.4 is 5.32 Å². The topological polar surface area (TPSA) is 73.2 Å². The van der Waals surface area contributed by atoms with Gasteiger partial charge in [0.05, 0.1) is 30.9 Å². The van der Waals surface area contributed by atoms with Gasteiger partial charge in [-0.2, -0.15) is 0 Å². The number of ether oxygens (including phenoxy) is 1. The summed E-state index contributed by atoms with van der Waals surface area (Å²) in [6, 6.07) is 6.66. The molecule has 0 saturated heterocycles. The van der Waals surface area contributed by atoms with Crippen molar-refractivity contribution >= 4 is 17.6 Å².